The summed E-state index contributed by atoms with van der Waals surface area (Å²) in [5.41, 5.74) is 0. The molecule has 5 nitrogen and oxygen atoms in total. The third kappa shape index (κ3) is 33.2. The lowest BCUT2D eigenvalue weighted by molar-refractivity contribution is -0.161. The van der Waals surface area contributed by atoms with Gasteiger partial charge >= 0.3 is 11.9 Å². The molecule has 0 amide bonds. The molecule has 0 aliphatic rings. The van der Waals surface area contributed by atoms with Crippen LogP contribution in [0.25, 0.3) is 0 Å². The standard InChI is InChI=1S/C41H60O5/c1-3-5-7-9-11-13-15-17-18-19-20-21-22-24-26-28-30-32-34-36-41(44)46-39(37-42)38-45-40(43)35-33-31-29-27-25-23-16-14-12-10-8-6-4-2/h5-8,10-14,16-18,20-21,23-27,29,39,42H,3-4,9,15,19,22,28,30-38H2,1-2H3/b7-5+,8-6+,12-10+,13-11+,16-14+,18-17+,21-20+,25-23+,26-24+,29-27+. The molecule has 0 spiro atoms. The summed E-state index contributed by atoms with van der Waals surface area (Å²) in [7, 11) is 0. The largest absolute Gasteiger partial charge is 0.462 e. The first-order valence-electron chi connectivity index (χ1n) is 17.2. The zero-order valence-corrected chi connectivity index (χ0v) is 28.5. The van der Waals surface area contributed by atoms with Crippen molar-refractivity contribution in [3.05, 3.63) is 122 Å². The van der Waals surface area contributed by atoms with Crippen LogP contribution in [0.15, 0.2) is 122 Å². The quantitative estimate of drug-likeness (QED) is 0.0402. The van der Waals surface area contributed by atoms with E-state index in [1.165, 1.54) is 0 Å². The Morgan fingerprint density at radius 2 is 1.00 bits per heavy atom. The smallest absolute Gasteiger partial charge is 0.306 e. The van der Waals surface area contributed by atoms with Crippen LogP contribution in [-0.4, -0.2) is 36.4 Å². The molecule has 0 bridgehead atoms. The zero-order chi connectivity index (χ0) is 33.6. The molecule has 0 fully saturated rings. The van der Waals surface area contributed by atoms with Crippen LogP contribution in [0.3, 0.4) is 0 Å². The van der Waals surface area contributed by atoms with Gasteiger partial charge in [0.25, 0.3) is 0 Å². The fourth-order valence-electron chi connectivity index (χ4n) is 3.84. The Hall–Kier alpha value is -3.70. The number of unbranched alkanes of at least 4 members (excludes halogenated alkanes) is 4. The van der Waals surface area contributed by atoms with Gasteiger partial charge in [0.15, 0.2) is 6.10 Å². The Balaban J connectivity index is 3.83. The first-order chi connectivity index (χ1) is 22.6. The highest BCUT2D eigenvalue weighted by Gasteiger charge is 2.15. The number of aliphatic hydroxyl groups excluding tert-OH is 1. The van der Waals surface area contributed by atoms with Crippen molar-refractivity contribution in [2.75, 3.05) is 13.2 Å². The van der Waals surface area contributed by atoms with Gasteiger partial charge in [-0.05, 0) is 70.6 Å². The molecular weight excluding hydrogens is 572 g/mol. The van der Waals surface area contributed by atoms with Crippen molar-refractivity contribution in [1.29, 1.82) is 0 Å². The molecule has 0 aromatic carbocycles. The molecule has 0 saturated carbocycles. The minimum atomic E-state index is -0.826. The highest BCUT2D eigenvalue weighted by Crippen LogP contribution is 2.08. The second-order valence-corrected chi connectivity index (χ2v) is 10.6. The molecule has 254 valence electrons. The fraction of sp³-hybridized carbons (Fsp3) is 0.463. The Labute approximate surface area is 280 Å². The van der Waals surface area contributed by atoms with Crippen LogP contribution in [-0.2, 0) is 19.1 Å². The number of carbonyl (C=O) groups excluding carboxylic acids is 2. The van der Waals surface area contributed by atoms with Crippen molar-refractivity contribution < 1.29 is 24.2 Å². The third-order valence-electron chi connectivity index (χ3n) is 6.38. The number of carbonyl (C=O) groups is 2. The van der Waals surface area contributed by atoms with Crippen LogP contribution in [0, 0.1) is 0 Å². The highest BCUT2D eigenvalue weighted by molar-refractivity contribution is 5.70. The molecule has 0 radical (unpaired) electrons. The monoisotopic (exact) mass is 632 g/mol. The second-order valence-electron chi connectivity index (χ2n) is 10.6. The molecule has 0 heterocycles. The highest BCUT2D eigenvalue weighted by atomic mass is 16.6. The molecular formula is C41H60O5. The van der Waals surface area contributed by atoms with Crippen molar-refractivity contribution >= 4 is 11.9 Å². The van der Waals surface area contributed by atoms with Gasteiger partial charge in [-0.25, -0.2) is 0 Å². The number of ether oxygens (including phenoxy) is 2. The van der Waals surface area contributed by atoms with Crippen LogP contribution >= 0.6 is 0 Å². The molecule has 0 aliphatic heterocycles. The summed E-state index contributed by atoms with van der Waals surface area (Å²) in [5.74, 6) is -0.734. The summed E-state index contributed by atoms with van der Waals surface area (Å²) in [4.78, 5) is 24.1. The van der Waals surface area contributed by atoms with Crippen LogP contribution in [0.4, 0.5) is 0 Å². The van der Waals surface area contributed by atoms with E-state index in [9.17, 15) is 14.7 Å². The summed E-state index contributed by atoms with van der Waals surface area (Å²) < 4.78 is 10.5. The average Bonchev–Trinajstić information content (AvgIpc) is 3.06. The predicted octanol–water partition coefficient (Wildman–Crippen LogP) is 10.5. The Morgan fingerprint density at radius 3 is 1.57 bits per heavy atom. The maximum absolute atomic E-state index is 12.1. The number of allylic oxidation sites excluding steroid dienone is 20. The van der Waals surface area contributed by atoms with E-state index in [2.05, 4.69) is 80.7 Å². The Kier molecular flexibility index (Phi) is 32.9. The fourth-order valence-corrected chi connectivity index (χ4v) is 3.84. The molecule has 1 atom stereocenters. The van der Waals surface area contributed by atoms with E-state index in [4.69, 9.17) is 9.47 Å². The van der Waals surface area contributed by atoms with Gasteiger partial charge in [0, 0.05) is 12.8 Å². The first kappa shape index (κ1) is 42.3. The van der Waals surface area contributed by atoms with Crippen molar-refractivity contribution in [1.82, 2.24) is 0 Å². The van der Waals surface area contributed by atoms with Gasteiger partial charge in [-0.3, -0.25) is 9.59 Å². The molecule has 5 heteroatoms. The third-order valence-corrected chi connectivity index (χ3v) is 6.38. The Morgan fingerprint density at radius 1 is 0.522 bits per heavy atom. The summed E-state index contributed by atoms with van der Waals surface area (Å²) in [6.07, 6.45) is 52.6. The normalized spacial score (nSPS) is 13.7. The molecule has 1 N–H and O–H groups in total. The first-order valence-corrected chi connectivity index (χ1v) is 17.2. The molecule has 0 aliphatic carbocycles. The lowest BCUT2D eigenvalue weighted by Gasteiger charge is -2.15. The topological polar surface area (TPSA) is 72.8 Å². The van der Waals surface area contributed by atoms with E-state index >= 15 is 0 Å². The summed E-state index contributed by atoms with van der Waals surface area (Å²) in [6, 6.07) is 0. The summed E-state index contributed by atoms with van der Waals surface area (Å²) >= 11 is 0. The van der Waals surface area contributed by atoms with Gasteiger partial charge in [0.2, 0.25) is 0 Å². The van der Waals surface area contributed by atoms with Crippen LogP contribution < -0.4 is 0 Å². The van der Waals surface area contributed by atoms with Gasteiger partial charge in [0.05, 0.1) is 6.61 Å². The molecule has 0 saturated heterocycles. The Bertz CT molecular complexity index is 1030. The summed E-state index contributed by atoms with van der Waals surface area (Å²) in [6.45, 7) is 3.74. The van der Waals surface area contributed by atoms with Gasteiger partial charge in [0.1, 0.15) is 6.61 Å². The van der Waals surface area contributed by atoms with E-state index in [1.54, 1.807) is 0 Å². The second kappa shape index (κ2) is 35.8. The van der Waals surface area contributed by atoms with Crippen LogP contribution in [0.5, 0.6) is 0 Å². The van der Waals surface area contributed by atoms with Gasteiger partial charge in [-0.2, -0.15) is 0 Å². The number of esters is 2. The van der Waals surface area contributed by atoms with Crippen molar-refractivity contribution in [3.63, 3.8) is 0 Å². The zero-order valence-electron chi connectivity index (χ0n) is 28.5. The molecule has 46 heavy (non-hydrogen) atoms. The van der Waals surface area contributed by atoms with Crippen molar-refractivity contribution in [2.24, 2.45) is 0 Å². The van der Waals surface area contributed by atoms with E-state index < -0.39 is 6.10 Å². The van der Waals surface area contributed by atoms with E-state index in [1.807, 2.05) is 54.7 Å². The van der Waals surface area contributed by atoms with Gasteiger partial charge in [-0.1, -0.05) is 142 Å². The van der Waals surface area contributed by atoms with Gasteiger partial charge in [-0.15, -0.1) is 0 Å². The summed E-state index contributed by atoms with van der Waals surface area (Å²) in [5, 5.41) is 9.51. The SMILES string of the molecule is CC/C=C/C=C/C=C/C=C/C=C/CCCC(=O)OCC(CO)OC(=O)CCCCC/C=C/C/C=C/C/C=C/C/C=C/C/C=C/CC. The minimum Gasteiger partial charge on any atom is -0.462 e. The molecule has 0 rings (SSSR count). The van der Waals surface area contributed by atoms with Gasteiger partial charge < -0.3 is 14.6 Å². The maximum Gasteiger partial charge on any atom is 0.306 e. The van der Waals surface area contributed by atoms with Crippen molar-refractivity contribution in [2.45, 2.75) is 110 Å². The van der Waals surface area contributed by atoms with E-state index in [0.29, 0.717) is 12.8 Å². The molecule has 1 unspecified atom stereocenters. The molecule has 0 aromatic rings. The maximum atomic E-state index is 12.1. The number of hydrogen-bond donors (Lipinski definition) is 1. The minimum absolute atomic E-state index is 0.126. The predicted molar refractivity (Wildman–Crippen MR) is 195 cm³/mol. The van der Waals surface area contributed by atoms with Crippen LogP contribution in [0.1, 0.15) is 104 Å². The number of hydrogen-bond acceptors (Lipinski definition) is 5. The lowest BCUT2D eigenvalue weighted by atomic mass is 10.1. The molecule has 0 aromatic heterocycles. The van der Waals surface area contributed by atoms with Crippen LogP contribution in [0.2, 0.25) is 0 Å². The van der Waals surface area contributed by atoms with E-state index in [-0.39, 0.29) is 31.6 Å². The average molecular weight is 633 g/mol. The van der Waals surface area contributed by atoms with E-state index in [0.717, 1.165) is 70.6 Å². The number of rotatable bonds is 28. The lowest BCUT2D eigenvalue weighted by Crippen LogP contribution is -2.28. The number of aliphatic hydroxyl groups is 1. The van der Waals surface area contributed by atoms with Crippen molar-refractivity contribution in [3.8, 4) is 0 Å².